The monoisotopic (exact) mass is 246 g/mol. The molecule has 1 aromatic carbocycles. The molecule has 0 aliphatic carbocycles. The number of primary amides is 1. The van der Waals surface area contributed by atoms with E-state index < -0.39 is 5.91 Å². The molecule has 0 saturated heterocycles. The van der Waals surface area contributed by atoms with E-state index in [1.165, 1.54) is 11.0 Å². The number of nitrogens with two attached hydrogens (primary N) is 1. The summed E-state index contributed by atoms with van der Waals surface area (Å²) < 4.78 is 5.52. The van der Waals surface area contributed by atoms with Gasteiger partial charge < -0.3 is 15.4 Å². The van der Waals surface area contributed by atoms with Crippen LogP contribution < -0.4 is 5.73 Å². The van der Waals surface area contributed by atoms with Crippen molar-refractivity contribution < 1.29 is 14.3 Å². The van der Waals surface area contributed by atoms with Gasteiger partial charge in [-0.3, -0.25) is 9.59 Å². The minimum Gasteiger partial charge on any atom is -0.491 e. The Morgan fingerprint density at radius 3 is 2.72 bits per heavy atom. The molecule has 1 aromatic rings. The van der Waals surface area contributed by atoms with E-state index in [2.05, 4.69) is 0 Å². The van der Waals surface area contributed by atoms with E-state index in [9.17, 15) is 9.59 Å². The molecule has 1 aliphatic heterocycles. The highest BCUT2D eigenvalue weighted by molar-refractivity contribution is 5.93. The van der Waals surface area contributed by atoms with Crippen LogP contribution in [0, 0.1) is 0 Å². The quantitative estimate of drug-likeness (QED) is 0.818. The molecule has 5 heteroatoms. The Kier molecular flexibility index (Phi) is 3.62. The van der Waals surface area contributed by atoms with Crippen LogP contribution in [0.2, 0.25) is 0 Å². The fraction of sp³-hybridized carbons (Fsp3) is 0.231. The number of carbonyl (C=O) groups excluding carboxylic acids is 2. The summed E-state index contributed by atoms with van der Waals surface area (Å²) in [5.41, 5.74) is 6.08. The molecule has 5 nitrogen and oxygen atoms in total. The van der Waals surface area contributed by atoms with Crippen molar-refractivity contribution in [1.82, 2.24) is 4.90 Å². The molecule has 0 unspecified atom stereocenters. The molecule has 0 aromatic heterocycles. The second-order valence-electron chi connectivity index (χ2n) is 4.05. The van der Waals surface area contributed by atoms with E-state index in [0.717, 1.165) is 5.56 Å². The maximum Gasteiger partial charge on any atom is 0.250 e. The predicted octanol–water partition coefficient (Wildman–Crippen LogP) is 0.415. The third-order valence-electron chi connectivity index (χ3n) is 2.56. The summed E-state index contributed by atoms with van der Waals surface area (Å²) >= 11 is 0. The van der Waals surface area contributed by atoms with E-state index in [1.54, 1.807) is 0 Å². The molecule has 0 atom stereocenters. The van der Waals surface area contributed by atoms with Crippen molar-refractivity contribution in [2.45, 2.75) is 6.61 Å². The predicted molar refractivity (Wildman–Crippen MR) is 65.1 cm³/mol. The number of nitrogens with zero attached hydrogens (tertiary/aromatic N) is 1. The van der Waals surface area contributed by atoms with Crippen molar-refractivity contribution in [2.75, 3.05) is 13.1 Å². The number of benzene rings is 1. The SMILES string of the molecule is NC(=O)CN1CC(OCc2ccccc2)=CC1=O. The van der Waals surface area contributed by atoms with Gasteiger partial charge in [-0.05, 0) is 5.56 Å². The topological polar surface area (TPSA) is 72.6 Å². The number of ether oxygens (including phenoxy) is 1. The van der Waals surface area contributed by atoms with Crippen LogP contribution in [0.3, 0.4) is 0 Å². The molecule has 0 fully saturated rings. The Balaban J connectivity index is 1.87. The first kappa shape index (κ1) is 12.2. The normalized spacial score (nSPS) is 14.6. The van der Waals surface area contributed by atoms with Crippen LogP contribution in [-0.2, 0) is 20.9 Å². The van der Waals surface area contributed by atoms with E-state index >= 15 is 0 Å². The Morgan fingerprint density at radius 2 is 2.06 bits per heavy atom. The van der Waals surface area contributed by atoms with Gasteiger partial charge in [0, 0.05) is 6.08 Å². The van der Waals surface area contributed by atoms with Crippen molar-refractivity contribution >= 4 is 11.8 Å². The van der Waals surface area contributed by atoms with Crippen LogP contribution in [0.1, 0.15) is 5.56 Å². The fourth-order valence-corrected chi connectivity index (χ4v) is 1.70. The largest absolute Gasteiger partial charge is 0.491 e. The smallest absolute Gasteiger partial charge is 0.250 e. The van der Waals surface area contributed by atoms with Gasteiger partial charge in [0.2, 0.25) is 5.91 Å². The van der Waals surface area contributed by atoms with E-state index in [4.69, 9.17) is 10.5 Å². The van der Waals surface area contributed by atoms with Crippen LogP contribution in [0.4, 0.5) is 0 Å². The lowest BCUT2D eigenvalue weighted by Crippen LogP contribution is -2.35. The van der Waals surface area contributed by atoms with Gasteiger partial charge >= 0.3 is 0 Å². The van der Waals surface area contributed by atoms with Gasteiger partial charge in [0.25, 0.3) is 5.91 Å². The molecule has 1 aliphatic rings. The molecule has 2 N–H and O–H groups in total. The molecule has 0 bridgehead atoms. The van der Waals surface area contributed by atoms with Crippen molar-refractivity contribution in [3.05, 3.63) is 47.7 Å². The Morgan fingerprint density at radius 1 is 1.33 bits per heavy atom. The van der Waals surface area contributed by atoms with Crippen LogP contribution >= 0.6 is 0 Å². The number of hydrogen-bond donors (Lipinski definition) is 1. The van der Waals surface area contributed by atoms with E-state index in [1.807, 2.05) is 30.3 Å². The van der Waals surface area contributed by atoms with Crippen molar-refractivity contribution in [1.29, 1.82) is 0 Å². The van der Waals surface area contributed by atoms with Crippen molar-refractivity contribution in [3.8, 4) is 0 Å². The third kappa shape index (κ3) is 3.10. The first-order valence-electron chi connectivity index (χ1n) is 5.59. The summed E-state index contributed by atoms with van der Waals surface area (Å²) in [4.78, 5) is 23.6. The minimum absolute atomic E-state index is 0.0759. The van der Waals surface area contributed by atoms with Gasteiger partial charge in [-0.15, -0.1) is 0 Å². The average Bonchev–Trinajstić information content (AvgIpc) is 2.68. The zero-order valence-corrected chi connectivity index (χ0v) is 9.83. The van der Waals surface area contributed by atoms with Gasteiger partial charge in [-0.1, -0.05) is 30.3 Å². The zero-order chi connectivity index (χ0) is 13.0. The Bertz CT molecular complexity index is 482. The molecule has 2 rings (SSSR count). The first-order chi connectivity index (χ1) is 8.65. The lowest BCUT2D eigenvalue weighted by molar-refractivity contribution is -0.129. The lowest BCUT2D eigenvalue weighted by atomic mass is 10.2. The fourth-order valence-electron chi connectivity index (χ4n) is 1.70. The zero-order valence-electron chi connectivity index (χ0n) is 9.83. The second kappa shape index (κ2) is 5.35. The van der Waals surface area contributed by atoms with Gasteiger partial charge in [-0.25, -0.2) is 0 Å². The summed E-state index contributed by atoms with van der Waals surface area (Å²) in [6, 6.07) is 9.66. The van der Waals surface area contributed by atoms with Crippen molar-refractivity contribution in [3.63, 3.8) is 0 Å². The summed E-state index contributed by atoms with van der Waals surface area (Å²) in [7, 11) is 0. The van der Waals surface area contributed by atoms with Crippen LogP contribution in [0.5, 0.6) is 0 Å². The number of carbonyl (C=O) groups is 2. The molecule has 1 heterocycles. The second-order valence-corrected chi connectivity index (χ2v) is 4.05. The van der Waals surface area contributed by atoms with E-state index in [0.29, 0.717) is 18.9 Å². The van der Waals surface area contributed by atoms with Crippen molar-refractivity contribution in [2.24, 2.45) is 5.73 Å². The molecule has 94 valence electrons. The van der Waals surface area contributed by atoms with Crippen LogP contribution in [0.15, 0.2) is 42.2 Å². The highest BCUT2D eigenvalue weighted by Gasteiger charge is 2.23. The maximum absolute atomic E-state index is 11.5. The molecular weight excluding hydrogens is 232 g/mol. The van der Waals surface area contributed by atoms with Crippen LogP contribution in [-0.4, -0.2) is 29.8 Å². The first-order valence-corrected chi connectivity index (χ1v) is 5.59. The highest BCUT2D eigenvalue weighted by Crippen LogP contribution is 2.13. The molecule has 0 spiro atoms. The summed E-state index contributed by atoms with van der Waals surface area (Å²) in [6.07, 6.45) is 1.39. The molecular formula is C13H14N2O3. The number of amides is 2. The number of hydrogen-bond acceptors (Lipinski definition) is 3. The molecule has 2 amide bonds. The van der Waals surface area contributed by atoms with Gasteiger partial charge in [0.05, 0.1) is 6.54 Å². The average molecular weight is 246 g/mol. The van der Waals surface area contributed by atoms with Gasteiger partial charge in [0.1, 0.15) is 18.9 Å². The Hall–Kier alpha value is -2.30. The van der Waals surface area contributed by atoms with Gasteiger partial charge in [0.15, 0.2) is 0 Å². The standard InChI is InChI=1S/C13H14N2O3/c14-12(16)8-15-7-11(6-13(15)17)18-9-10-4-2-1-3-5-10/h1-6H,7-9H2,(H2,14,16). The third-order valence-corrected chi connectivity index (χ3v) is 2.56. The lowest BCUT2D eigenvalue weighted by Gasteiger charge is -2.14. The van der Waals surface area contributed by atoms with E-state index in [-0.39, 0.29) is 12.5 Å². The summed E-state index contributed by atoms with van der Waals surface area (Å²) in [6.45, 7) is 0.631. The Labute approximate surface area is 105 Å². The van der Waals surface area contributed by atoms with Gasteiger partial charge in [-0.2, -0.15) is 0 Å². The van der Waals surface area contributed by atoms with Crippen LogP contribution in [0.25, 0.3) is 0 Å². The molecule has 0 radical (unpaired) electrons. The summed E-state index contributed by atoms with van der Waals surface area (Å²) in [5, 5.41) is 0. The number of rotatable bonds is 5. The molecule has 0 saturated carbocycles. The maximum atomic E-state index is 11.5. The highest BCUT2D eigenvalue weighted by atomic mass is 16.5. The minimum atomic E-state index is -0.527. The molecule has 18 heavy (non-hydrogen) atoms. The summed E-state index contributed by atoms with van der Waals surface area (Å²) in [5.74, 6) is -0.206.